The van der Waals surface area contributed by atoms with Crippen molar-refractivity contribution in [3.8, 4) is 5.88 Å². The molecule has 2 aromatic heterocycles. The maximum Gasteiger partial charge on any atom is 0.275 e. The first kappa shape index (κ1) is 21.7. The summed E-state index contributed by atoms with van der Waals surface area (Å²) in [5.41, 5.74) is 2.62. The summed E-state index contributed by atoms with van der Waals surface area (Å²) in [5.74, 6) is -0.349. The lowest BCUT2D eigenvalue weighted by Crippen LogP contribution is -2.27. The Balaban J connectivity index is 1.32. The fourth-order valence-electron chi connectivity index (χ4n) is 4.16. The van der Waals surface area contributed by atoms with Crippen LogP contribution in [-0.2, 0) is 11.5 Å². The molecule has 0 radical (unpaired) electrons. The first-order chi connectivity index (χ1) is 16.2. The van der Waals surface area contributed by atoms with Crippen LogP contribution in [0.25, 0.3) is 22.0 Å². The molecule has 1 amide bonds. The molecule has 5 rings (SSSR count). The fraction of sp³-hybridized carbons (Fsp3) is 0.333. The summed E-state index contributed by atoms with van der Waals surface area (Å²) in [5, 5.41) is 20.1. The highest BCUT2D eigenvalue weighted by atomic mass is 32.2. The van der Waals surface area contributed by atoms with Crippen LogP contribution in [-0.4, -0.2) is 44.3 Å². The molecule has 9 heteroatoms. The zero-order valence-electron chi connectivity index (χ0n) is 18.2. The highest BCUT2D eigenvalue weighted by Crippen LogP contribution is 2.39. The standard InChI is InChI=1S/C24H25N5O3S/c30-21(15-33-24-25-18-10-4-6-12-20(18)32-24)26-27-22-17-9-3-5-11-19(17)29(23(22)31)16-28-13-7-1-2-8-14-28/h3-6,9-12,31H,1-2,7-8,13-16H2. The monoisotopic (exact) mass is 463 g/mol. The second-order valence-electron chi connectivity index (χ2n) is 8.12. The van der Waals surface area contributed by atoms with Crippen molar-refractivity contribution in [3.63, 3.8) is 0 Å². The maximum absolute atomic E-state index is 12.4. The molecule has 0 atom stereocenters. The van der Waals surface area contributed by atoms with Crippen LogP contribution in [0.3, 0.4) is 0 Å². The third kappa shape index (κ3) is 4.79. The van der Waals surface area contributed by atoms with Gasteiger partial charge in [0.25, 0.3) is 11.1 Å². The molecular formula is C24H25N5O3S. The van der Waals surface area contributed by atoms with E-state index < -0.39 is 5.91 Å². The van der Waals surface area contributed by atoms with Gasteiger partial charge in [-0.1, -0.05) is 54.9 Å². The van der Waals surface area contributed by atoms with Crippen molar-refractivity contribution in [2.75, 3.05) is 18.8 Å². The number of aromatic hydroxyl groups is 1. The van der Waals surface area contributed by atoms with Gasteiger partial charge in [-0.15, -0.1) is 10.2 Å². The van der Waals surface area contributed by atoms with Crippen LogP contribution in [0.4, 0.5) is 5.69 Å². The molecule has 1 aliphatic rings. The van der Waals surface area contributed by atoms with E-state index in [-0.39, 0.29) is 11.6 Å². The molecule has 8 nitrogen and oxygen atoms in total. The van der Waals surface area contributed by atoms with E-state index in [9.17, 15) is 9.90 Å². The van der Waals surface area contributed by atoms with Crippen LogP contribution in [0.1, 0.15) is 25.7 Å². The molecular weight excluding hydrogens is 438 g/mol. The highest BCUT2D eigenvalue weighted by Gasteiger charge is 2.19. The average molecular weight is 464 g/mol. The van der Waals surface area contributed by atoms with Crippen molar-refractivity contribution in [3.05, 3.63) is 48.5 Å². The molecule has 0 bridgehead atoms. The number of rotatable bonds is 6. The Kier molecular flexibility index (Phi) is 6.41. The van der Waals surface area contributed by atoms with Gasteiger partial charge in [-0.25, -0.2) is 4.98 Å². The van der Waals surface area contributed by atoms with E-state index in [1.54, 1.807) is 0 Å². The zero-order valence-corrected chi connectivity index (χ0v) is 19.0. The number of likely N-dealkylation sites (tertiary alicyclic amines) is 1. The Morgan fingerprint density at radius 3 is 2.64 bits per heavy atom. The molecule has 2 aromatic carbocycles. The zero-order chi connectivity index (χ0) is 22.6. The molecule has 1 saturated heterocycles. The number of hydrogen-bond donors (Lipinski definition) is 1. The number of oxazole rings is 1. The van der Waals surface area contributed by atoms with Crippen LogP contribution in [0, 0.1) is 0 Å². The summed E-state index contributed by atoms with van der Waals surface area (Å²) < 4.78 is 7.48. The quantitative estimate of drug-likeness (QED) is 0.290. The number of carbonyl (C=O) groups is 1. The second kappa shape index (κ2) is 9.76. The summed E-state index contributed by atoms with van der Waals surface area (Å²) in [6, 6.07) is 15.1. The van der Waals surface area contributed by atoms with E-state index in [0.717, 1.165) is 29.5 Å². The Morgan fingerprint density at radius 1 is 1.06 bits per heavy atom. The molecule has 0 spiro atoms. The van der Waals surface area contributed by atoms with E-state index in [2.05, 4.69) is 20.1 Å². The summed E-state index contributed by atoms with van der Waals surface area (Å²) >= 11 is 1.17. The van der Waals surface area contributed by atoms with Crippen LogP contribution in [0.5, 0.6) is 5.88 Å². The van der Waals surface area contributed by atoms with Gasteiger partial charge in [-0.05, 0) is 44.1 Å². The third-order valence-electron chi connectivity index (χ3n) is 5.81. The predicted octanol–water partition coefficient (Wildman–Crippen LogP) is 5.72. The number of azo groups is 1. The van der Waals surface area contributed by atoms with Gasteiger partial charge in [0.1, 0.15) is 5.52 Å². The molecule has 3 heterocycles. The summed E-state index contributed by atoms with van der Waals surface area (Å²) in [4.78, 5) is 19.1. The van der Waals surface area contributed by atoms with Crippen LogP contribution < -0.4 is 0 Å². The number of carbonyl (C=O) groups excluding carboxylic acids is 1. The maximum atomic E-state index is 12.4. The van der Waals surface area contributed by atoms with Crippen LogP contribution >= 0.6 is 11.8 Å². The molecule has 33 heavy (non-hydrogen) atoms. The number of fused-ring (bicyclic) bond motifs is 2. The lowest BCUT2D eigenvalue weighted by molar-refractivity contribution is -0.115. The van der Waals surface area contributed by atoms with E-state index in [4.69, 9.17) is 4.42 Å². The van der Waals surface area contributed by atoms with E-state index in [1.807, 2.05) is 53.1 Å². The van der Waals surface area contributed by atoms with E-state index in [0.29, 0.717) is 23.2 Å². The number of para-hydroxylation sites is 3. The minimum atomic E-state index is -0.425. The normalized spacial score (nSPS) is 15.5. The van der Waals surface area contributed by atoms with Crippen molar-refractivity contribution in [1.82, 2.24) is 14.5 Å². The SMILES string of the molecule is O=C(CSc1nc2ccccc2o1)N=Nc1c(O)n(CN2CCCCCC2)c2ccccc12. The number of nitrogens with zero attached hydrogens (tertiary/aromatic N) is 5. The predicted molar refractivity (Wildman–Crippen MR) is 128 cm³/mol. The fourth-order valence-corrected chi connectivity index (χ4v) is 4.78. The third-order valence-corrected chi connectivity index (χ3v) is 6.63. The molecule has 0 aliphatic carbocycles. The largest absolute Gasteiger partial charge is 0.493 e. The first-order valence-corrected chi connectivity index (χ1v) is 12.1. The van der Waals surface area contributed by atoms with E-state index in [1.165, 1.54) is 37.4 Å². The summed E-state index contributed by atoms with van der Waals surface area (Å²) in [6.45, 7) is 2.60. The van der Waals surface area contributed by atoms with Gasteiger partial charge < -0.3 is 9.52 Å². The highest BCUT2D eigenvalue weighted by molar-refractivity contribution is 7.99. The van der Waals surface area contributed by atoms with Gasteiger partial charge in [0, 0.05) is 5.39 Å². The van der Waals surface area contributed by atoms with Crippen molar-refractivity contribution >= 4 is 45.4 Å². The summed E-state index contributed by atoms with van der Waals surface area (Å²) in [7, 11) is 0. The van der Waals surface area contributed by atoms with Gasteiger partial charge in [0.2, 0.25) is 5.88 Å². The lowest BCUT2D eigenvalue weighted by Gasteiger charge is -2.21. The Bertz CT molecular complexity index is 1270. The van der Waals surface area contributed by atoms with Gasteiger partial charge in [-0.2, -0.15) is 0 Å². The lowest BCUT2D eigenvalue weighted by atomic mass is 10.2. The van der Waals surface area contributed by atoms with Crippen molar-refractivity contribution in [1.29, 1.82) is 0 Å². The van der Waals surface area contributed by atoms with Gasteiger partial charge in [0.15, 0.2) is 11.3 Å². The van der Waals surface area contributed by atoms with Crippen LogP contribution in [0.2, 0.25) is 0 Å². The minimum absolute atomic E-state index is 0.0311. The van der Waals surface area contributed by atoms with Crippen molar-refractivity contribution < 1.29 is 14.3 Å². The van der Waals surface area contributed by atoms with Crippen molar-refractivity contribution in [2.24, 2.45) is 10.2 Å². The second-order valence-corrected chi connectivity index (χ2v) is 9.05. The van der Waals surface area contributed by atoms with Gasteiger partial charge >= 0.3 is 0 Å². The Morgan fingerprint density at radius 2 is 1.82 bits per heavy atom. The van der Waals surface area contributed by atoms with Gasteiger partial charge in [-0.3, -0.25) is 14.3 Å². The molecule has 0 unspecified atom stereocenters. The van der Waals surface area contributed by atoms with E-state index >= 15 is 0 Å². The topological polar surface area (TPSA) is 96.2 Å². The average Bonchev–Trinajstić information content (AvgIpc) is 3.24. The molecule has 1 N–H and O–H groups in total. The molecule has 170 valence electrons. The smallest absolute Gasteiger partial charge is 0.275 e. The summed E-state index contributed by atoms with van der Waals surface area (Å²) in [6.07, 6.45) is 4.83. The number of benzene rings is 2. The minimum Gasteiger partial charge on any atom is -0.493 e. The Labute approximate surface area is 195 Å². The first-order valence-electron chi connectivity index (χ1n) is 11.1. The molecule has 0 saturated carbocycles. The molecule has 4 aromatic rings. The number of thioether (sulfide) groups is 1. The Hall–Kier alpha value is -3.17. The van der Waals surface area contributed by atoms with Crippen LogP contribution in [0.15, 0.2) is 68.4 Å². The number of hydrogen-bond acceptors (Lipinski definition) is 7. The van der Waals surface area contributed by atoms with Crippen molar-refractivity contribution in [2.45, 2.75) is 37.6 Å². The molecule has 1 aliphatic heterocycles. The molecule has 1 fully saturated rings. The number of aromatic nitrogens is 2. The number of amides is 1. The van der Waals surface area contributed by atoms with Gasteiger partial charge in [0.05, 0.1) is 17.9 Å².